The second-order valence-corrected chi connectivity index (χ2v) is 5.86. The zero-order valence-corrected chi connectivity index (χ0v) is 9.69. The molecule has 80 valence electrons. The summed E-state index contributed by atoms with van der Waals surface area (Å²) in [6, 6.07) is 0.419. The fourth-order valence-corrected chi connectivity index (χ4v) is 1.70. The molecule has 0 fully saturated rings. The van der Waals surface area contributed by atoms with Gasteiger partial charge in [-0.3, -0.25) is 0 Å². The Balaban J connectivity index is 3.66. The molecule has 0 rings (SSSR count). The van der Waals surface area contributed by atoms with Gasteiger partial charge in [0.25, 0.3) is 0 Å². The molecule has 0 aliphatic heterocycles. The average molecular weight is 208 g/mol. The smallest absolute Gasteiger partial charge is 0.213 e. The van der Waals surface area contributed by atoms with Gasteiger partial charge in [0.1, 0.15) is 0 Å². The van der Waals surface area contributed by atoms with Crippen molar-refractivity contribution < 1.29 is 8.42 Å². The number of nitrogens with one attached hydrogen (secondary N) is 1. The SMILES string of the molecule is CC(C)NCCCS(=O)(=O)N(C)C. The summed E-state index contributed by atoms with van der Waals surface area (Å²) in [5.74, 6) is 0.222. The molecule has 0 aromatic rings. The van der Waals surface area contributed by atoms with E-state index in [1.54, 1.807) is 14.1 Å². The first-order valence-electron chi connectivity index (χ1n) is 4.50. The van der Waals surface area contributed by atoms with Gasteiger partial charge < -0.3 is 5.32 Å². The average Bonchev–Trinajstić information content (AvgIpc) is 1.97. The summed E-state index contributed by atoms with van der Waals surface area (Å²) in [5, 5.41) is 3.17. The maximum atomic E-state index is 11.3. The molecule has 0 saturated heterocycles. The molecule has 0 amide bonds. The molecule has 0 aromatic carbocycles. The lowest BCUT2D eigenvalue weighted by Crippen LogP contribution is -2.29. The van der Waals surface area contributed by atoms with Gasteiger partial charge >= 0.3 is 0 Å². The lowest BCUT2D eigenvalue weighted by molar-refractivity contribution is 0.513. The molecule has 0 radical (unpaired) electrons. The Labute approximate surface area is 81.4 Å². The first-order valence-corrected chi connectivity index (χ1v) is 6.11. The van der Waals surface area contributed by atoms with E-state index in [-0.39, 0.29) is 5.75 Å². The highest BCUT2D eigenvalue weighted by Crippen LogP contribution is 1.96. The monoisotopic (exact) mass is 208 g/mol. The predicted octanol–water partition coefficient (Wildman–Crippen LogP) is 0.266. The molecule has 0 aliphatic carbocycles. The fraction of sp³-hybridized carbons (Fsp3) is 1.00. The molecule has 0 spiro atoms. The van der Waals surface area contributed by atoms with Gasteiger partial charge in [-0.15, -0.1) is 0 Å². The standard InChI is InChI=1S/C8H20N2O2S/c1-8(2)9-6-5-7-13(11,12)10(3)4/h8-9H,5-7H2,1-4H3. The van der Waals surface area contributed by atoms with Crippen LogP contribution in [0, 0.1) is 0 Å². The van der Waals surface area contributed by atoms with Gasteiger partial charge in [0, 0.05) is 20.1 Å². The van der Waals surface area contributed by atoms with Crippen molar-refractivity contribution in [2.24, 2.45) is 0 Å². The zero-order valence-electron chi connectivity index (χ0n) is 8.87. The van der Waals surface area contributed by atoms with Crippen molar-refractivity contribution in [3.8, 4) is 0 Å². The van der Waals surface area contributed by atoms with Gasteiger partial charge in [0.05, 0.1) is 5.75 Å². The van der Waals surface area contributed by atoms with E-state index in [1.165, 1.54) is 4.31 Å². The largest absolute Gasteiger partial charge is 0.314 e. The third-order valence-electron chi connectivity index (χ3n) is 1.69. The van der Waals surface area contributed by atoms with Crippen LogP contribution in [0.1, 0.15) is 20.3 Å². The van der Waals surface area contributed by atoms with Crippen molar-refractivity contribution in [2.75, 3.05) is 26.4 Å². The summed E-state index contributed by atoms with van der Waals surface area (Å²) < 4.78 is 23.8. The number of sulfonamides is 1. The second kappa shape index (κ2) is 5.57. The minimum Gasteiger partial charge on any atom is -0.314 e. The Morgan fingerprint density at radius 3 is 2.23 bits per heavy atom. The van der Waals surface area contributed by atoms with Crippen molar-refractivity contribution in [2.45, 2.75) is 26.3 Å². The van der Waals surface area contributed by atoms with E-state index in [1.807, 2.05) is 13.8 Å². The number of hydrogen-bond acceptors (Lipinski definition) is 3. The highest BCUT2D eigenvalue weighted by molar-refractivity contribution is 7.89. The predicted molar refractivity (Wildman–Crippen MR) is 55.2 cm³/mol. The van der Waals surface area contributed by atoms with Crippen LogP contribution in [0.2, 0.25) is 0 Å². The first kappa shape index (κ1) is 12.9. The highest BCUT2D eigenvalue weighted by Gasteiger charge is 2.12. The third-order valence-corrected chi connectivity index (χ3v) is 3.61. The van der Waals surface area contributed by atoms with Crippen LogP contribution in [0.4, 0.5) is 0 Å². The van der Waals surface area contributed by atoms with E-state index in [9.17, 15) is 8.42 Å². The van der Waals surface area contributed by atoms with Crippen molar-refractivity contribution in [1.82, 2.24) is 9.62 Å². The summed E-state index contributed by atoms with van der Waals surface area (Å²) in [6.07, 6.45) is 0.665. The minimum atomic E-state index is -3.00. The lowest BCUT2D eigenvalue weighted by Gasteiger charge is -2.12. The van der Waals surface area contributed by atoms with Crippen LogP contribution in [0.25, 0.3) is 0 Å². The summed E-state index contributed by atoms with van der Waals surface area (Å²) in [6.45, 7) is 4.84. The van der Waals surface area contributed by atoms with Crippen LogP contribution in [-0.2, 0) is 10.0 Å². The molecule has 0 saturated carbocycles. The Morgan fingerprint density at radius 2 is 1.85 bits per heavy atom. The van der Waals surface area contributed by atoms with E-state index in [2.05, 4.69) is 5.32 Å². The van der Waals surface area contributed by atoms with E-state index < -0.39 is 10.0 Å². The first-order chi connectivity index (χ1) is 5.86. The Hall–Kier alpha value is -0.130. The number of rotatable bonds is 6. The highest BCUT2D eigenvalue weighted by atomic mass is 32.2. The molecule has 4 nitrogen and oxygen atoms in total. The van der Waals surface area contributed by atoms with Gasteiger partial charge in [0.2, 0.25) is 10.0 Å². The Bertz CT molecular complexity index is 222. The second-order valence-electron chi connectivity index (χ2n) is 3.56. The Kier molecular flexibility index (Phi) is 5.51. The quantitative estimate of drug-likeness (QED) is 0.637. The molecule has 5 heteroatoms. The molecule has 0 unspecified atom stereocenters. The van der Waals surface area contributed by atoms with Crippen molar-refractivity contribution in [3.05, 3.63) is 0 Å². The maximum Gasteiger partial charge on any atom is 0.213 e. The van der Waals surface area contributed by atoms with E-state index >= 15 is 0 Å². The molecule has 13 heavy (non-hydrogen) atoms. The van der Waals surface area contributed by atoms with Crippen LogP contribution in [0.5, 0.6) is 0 Å². The topological polar surface area (TPSA) is 49.4 Å². The molecule has 0 atom stereocenters. The normalized spacial score (nSPS) is 12.8. The van der Waals surface area contributed by atoms with E-state index in [4.69, 9.17) is 0 Å². The summed E-state index contributed by atoms with van der Waals surface area (Å²) >= 11 is 0. The summed E-state index contributed by atoms with van der Waals surface area (Å²) in [5.41, 5.74) is 0. The van der Waals surface area contributed by atoms with E-state index in [0.717, 1.165) is 6.54 Å². The molecular weight excluding hydrogens is 188 g/mol. The maximum absolute atomic E-state index is 11.3. The summed E-state index contributed by atoms with van der Waals surface area (Å²) in [4.78, 5) is 0. The van der Waals surface area contributed by atoms with Gasteiger partial charge in [-0.25, -0.2) is 12.7 Å². The zero-order chi connectivity index (χ0) is 10.5. The van der Waals surface area contributed by atoms with Gasteiger partial charge in [0.15, 0.2) is 0 Å². The summed E-state index contributed by atoms with van der Waals surface area (Å²) in [7, 11) is 0.119. The molecular formula is C8H20N2O2S. The number of nitrogens with zero attached hydrogens (tertiary/aromatic N) is 1. The molecule has 0 aromatic heterocycles. The van der Waals surface area contributed by atoms with Gasteiger partial charge in [-0.2, -0.15) is 0 Å². The molecule has 1 N–H and O–H groups in total. The van der Waals surface area contributed by atoms with Crippen molar-refractivity contribution in [3.63, 3.8) is 0 Å². The van der Waals surface area contributed by atoms with Crippen molar-refractivity contribution >= 4 is 10.0 Å². The minimum absolute atomic E-state index is 0.222. The number of hydrogen-bond donors (Lipinski definition) is 1. The van der Waals surface area contributed by atoms with Gasteiger partial charge in [-0.05, 0) is 13.0 Å². The lowest BCUT2D eigenvalue weighted by atomic mass is 10.4. The fourth-order valence-electron chi connectivity index (χ4n) is 0.828. The van der Waals surface area contributed by atoms with Crippen LogP contribution in [0.3, 0.4) is 0 Å². The van der Waals surface area contributed by atoms with Crippen LogP contribution < -0.4 is 5.32 Å². The third kappa shape index (κ3) is 6.01. The molecule has 0 aliphatic rings. The molecule has 0 heterocycles. The van der Waals surface area contributed by atoms with E-state index in [0.29, 0.717) is 12.5 Å². The van der Waals surface area contributed by atoms with Crippen LogP contribution >= 0.6 is 0 Å². The van der Waals surface area contributed by atoms with Gasteiger partial charge in [-0.1, -0.05) is 13.8 Å². The Morgan fingerprint density at radius 1 is 1.31 bits per heavy atom. The van der Waals surface area contributed by atoms with Crippen LogP contribution in [-0.4, -0.2) is 45.2 Å². The van der Waals surface area contributed by atoms with Crippen molar-refractivity contribution in [1.29, 1.82) is 0 Å². The van der Waals surface area contributed by atoms with Crippen LogP contribution in [0.15, 0.2) is 0 Å². The molecule has 0 bridgehead atoms.